The fourth-order valence-corrected chi connectivity index (χ4v) is 2.27. The van der Waals surface area contributed by atoms with Crippen LogP contribution in [0.1, 0.15) is 24.2 Å². The summed E-state index contributed by atoms with van der Waals surface area (Å²) in [5, 5.41) is 18.4. The number of nitrogens with zero attached hydrogens (tertiary/aromatic N) is 3. The molecule has 25 heavy (non-hydrogen) atoms. The zero-order valence-electron chi connectivity index (χ0n) is 14.6. The number of aryl methyl sites for hydroxylation is 1. The van der Waals surface area contributed by atoms with Gasteiger partial charge in [0, 0.05) is 6.61 Å². The summed E-state index contributed by atoms with van der Waals surface area (Å²) < 4.78 is 7.14. The molecule has 0 saturated heterocycles. The molecule has 1 N–H and O–H groups in total. The Morgan fingerprint density at radius 1 is 1.20 bits per heavy atom. The summed E-state index contributed by atoms with van der Waals surface area (Å²) in [5.41, 5.74) is 3.44. The number of fused-ring (bicyclic) bond motifs is 1. The smallest absolute Gasteiger partial charge is 0.390 e. The molecule has 2 aromatic carbocycles. The van der Waals surface area contributed by atoms with Gasteiger partial charge in [-0.2, -0.15) is 5.92 Å². The molecule has 1 aromatic heterocycles. The molecule has 1 heterocycles. The Bertz CT molecular complexity index is 881. The van der Waals surface area contributed by atoms with Crippen LogP contribution in [0.15, 0.2) is 48.5 Å². The number of rotatable bonds is 4. The van der Waals surface area contributed by atoms with Crippen LogP contribution in [-0.4, -0.2) is 26.7 Å². The summed E-state index contributed by atoms with van der Waals surface area (Å²) in [7, 11) is 0. The van der Waals surface area contributed by atoms with E-state index in [2.05, 4.69) is 22.2 Å². The molecule has 0 amide bonds. The largest absolute Gasteiger partial charge is 1.00 e. The molecule has 0 bridgehead atoms. The topological polar surface area (TPSA) is 60.2 Å². The Hall–Kier alpha value is -2.21. The summed E-state index contributed by atoms with van der Waals surface area (Å²) in [6.07, 6.45) is -0.548. The Morgan fingerprint density at radius 3 is 2.64 bits per heavy atom. The van der Waals surface area contributed by atoms with Crippen LogP contribution in [0, 0.1) is 25.0 Å². The van der Waals surface area contributed by atoms with Gasteiger partial charge in [0.15, 0.2) is 0 Å². The second kappa shape index (κ2) is 8.76. The molecule has 6 heteroatoms. The van der Waals surface area contributed by atoms with E-state index < -0.39 is 6.10 Å². The van der Waals surface area contributed by atoms with Crippen molar-refractivity contribution in [2.75, 3.05) is 6.61 Å². The van der Waals surface area contributed by atoms with Crippen LogP contribution >= 0.6 is 0 Å². The van der Waals surface area contributed by atoms with Crippen molar-refractivity contribution in [1.82, 2.24) is 15.0 Å². The SMILES string of the molecule is CCO[C-](C#CC(O)c1ccc(C)cc1)n1nnc2ccccc21.[Li+]. The van der Waals surface area contributed by atoms with E-state index in [0.717, 1.165) is 22.2 Å². The Labute approximate surface area is 159 Å². The van der Waals surface area contributed by atoms with Crippen LogP contribution in [0.4, 0.5) is 0 Å². The van der Waals surface area contributed by atoms with Gasteiger partial charge in [-0.15, -0.1) is 5.10 Å². The second-order valence-electron chi connectivity index (χ2n) is 5.31. The maximum Gasteiger partial charge on any atom is 1.00 e. The molecule has 3 rings (SSSR count). The van der Waals surface area contributed by atoms with Crippen LogP contribution in [0.2, 0.25) is 0 Å². The van der Waals surface area contributed by atoms with E-state index in [1.807, 2.05) is 62.4 Å². The van der Waals surface area contributed by atoms with Crippen molar-refractivity contribution in [3.63, 3.8) is 0 Å². The molecule has 0 radical (unpaired) electrons. The minimum absolute atomic E-state index is 0. The number of aliphatic hydroxyl groups excluding tert-OH is 1. The van der Waals surface area contributed by atoms with Crippen LogP contribution in [0.25, 0.3) is 11.0 Å². The monoisotopic (exact) mass is 327 g/mol. The number of para-hydroxylation sites is 1. The summed E-state index contributed by atoms with van der Waals surface area (Å²) in [4.78, 5) is 0. The number of hydrogen-bond donors (Lipinski definition) is 1. The van der Waals surface area contributed by atoms with Crippen LogP contribution in [-0.2, 0) is 4.74 Å². The van der Waals surface area contributed by atoms with Crippen molar-refractivity contribution in [2.24, 2.45) is 0 Å². The van der Waals surface area contributed by atoms with Gasteiger partial charge in [-0.25, -0.2) is 5.92 Å². The van der Waals surface area contributed by atoms with E-state index in [-0.39, 0.29) is 18.9 Å². The average Bonchev–Trinajstić information content (AvgIpc) is 3.03. The molecule has 1 unspecified atom stereocenters. The number of aromatic nitrogens is 3. The van der Waals surface area contributed by atoms with Crippen LogP contribution in [0.3, 0.4) is 0 Å². The van der Waals surface area contributed by atoms with Crippen LogP contribution in [0.5, 0.6) is 0 Å². The molecule has 0 spiro atoms. The molecule has 3 aromatic rings. The normalized spacial score (nSPS) is 11.3. The predicted octanol–water partition coefficient (Wildman–Crippen LogP) is -0.145. The first-order chi connectivity index (χ1) is 11.7. The van der Waals surface area contributed by atoms with E-state index >= 15 is 0 Å². The predicted molar refractivity (Wildman–Crippen MR) is 91.7 cm³/mol. The molecule has 5 nitrogen and oxygen atoms in total. The van der Waals surface area contributed by atoms with Gasteiger partial charge < -0.3 is 9.84 Å². The molecule has 0 aliphatic carbocycles. The Morgan fingerprint density at radius 2 is 1.92 bits per heavy atom. The average molecular weight is 327 g/mol. The minimum atomic E-state index is -0.893. The summed E-state index contributed by atoms with van der Waals surface area (Å²) in [5.74, 6) is 5.69. The summed E-state index contributed by atoms with van der Waals surface area (Å²) in [6, 6.07) is 15.2. The molecule has 122 valence electrons. The molecule has 0 aliphatic heterocycles. The Balaban J connectivity index is 0.00000225. The molecule has 0 fully saturated rings. The van der Waals surface area contributed by atoms with Gasteiger partial charge in [0.1, 0.15) is 6.23 Å². The van der Waals surface area contributed by atoms with Gasteiger partial charge in [-0.1, -0.05) is 53.2 Å². The fourth-order valence-electron chi connectivity index (χ4n) is 2.27. The maximum atomic E-state index is 10.3. The third-order valence-corrected chi connectivity index (χ3v) is 3.53. The minimum Gasteiger partial charge on any atom is -0.390 e. The maximum absolute atomic E-state index is 10.3. The third kappa shape index (κ3) is 4.45. The van der Waals surface area contributed by atoms with E-state index in [0.29, 0.717) is 12.8 Å². The molecule has 0 aliphatic rings. The first kappa shape index (κ1) is 19.1. The zero-order chi connectivity index (χ0) is 16.9. The van der Waals surface area contributed by atoms with Gasteiger partial charge in [0.05, 0.1) is 11.6 Å². The van der Waals surface area contributed by atoms with Gasteiger partial charge in [0.25, 0.3) is 0 Å². The number of benzene rings is 2. The van der Waals surface area contributed by atoms with Gasteiger partial charge in [0.2, 0.25) is 0 Å². The number of ether oxygens (including phenoxy) is 1. The first-order valence-corrected chi connectivity index (χ1v) is 7.75. The van der Waals surface area contributed by atoms with E-state index in [4.69, 9.17) is 4.74 Å². The Kier molecular flexibility index (Phi) is 6.70. The molecule has 0 saturated carbocycles. The first-order valence-electron chi connectivity index (χ1n) is 7.75. The third-order valence-electron chi connectivity index (χ3n) is 3.53. The summed E-state index contributed by atoms with van der Waals surface area (Å²) >= 11 is 0. The van der Waals surface area contributed by atoms with Crippen molar-refractivity contribution < 1.29 is 28.7 Å². The van der Waals surface area contributed by atoms with E-state index in [1.54, 1.807) is 4.68 Å². The number of aliphatic hydroxyl groups is 1. The van der Waals surface area contributed by atoms with E-state index in [1.165, 1.54) is 0 Å². The second-order valence-corrected chi connectivity index (χ2v) is 5.31. The van der Waals surface area contributed by atoms with Crippen molar-refractivity contribution >= 4 is 11.0 Å². The summed E-state index contributed by atoms with van der Waals surface area (Å²) in [6.45, 7) is 4.31. The number of hydrogen-bond acceptors (Lipinski definition) is 4. The van der Waals surface area contributed by atoms with Gasteiger partial charge >= 0.3 is 18.9 Å². The quantitative estimate of drug-likeness (QED) is 0.411. The molecule has 1 atom stereocenters. The van der Waals surface area contributed by atoms with Crippen LogP contribution < -0.4 is 18.9 Å². The standard InChI is InChI=1S/C19H18N3O2.Li/c1-3-24-19(22-17-7-5-4-6-16(17)20-21-22)13-12-18(23)15-10-8-14(2)9-11-15;/h4-11,18,23H,3H2,1-2H3;/q-1;+1. The van der Waals surface area contributed by atoms with Crippen molar-refractivity contribution in [2.45, 2.75) is 20.0 Å². The van der Waals surface area contributed by atoms with Crippen molar-refractivity contribution in [3.05, 3.63) is 65.9 Å². The molecular formula is C19H18LiN3O2. The van der Waals surface area contributed by atoms with Crippen molar-refractivity contribution in [1.29, 1.82) is 0 Å². The van der Waals surface area contributed by atoms with Gasteiger partial charge in [-0.3, -0.25) is 4.68 Å². The zero-order valence-corrected chi connectivity index (χ0v) is 14.6. The van der Waals surface area contributed by atoms with Gasteiger partial charge in [-0.05, 0) is 31.0 Å². The van der Waals surface area contributed by atoms with Crippen molar-refractivity contribution in [3.8, 4) is 11.8 Å². The fraction of sp³-hybridized carbons (Fsp3) is 0.211. The molecular weight excluding hydrogens is 309 g/mol. The van der Waals surface area contributed by atoms with E-state index in [9.17, 15) is 5.11 Å².